The molecule has 2 saturated heterocycles. The van der Waals surface area contributed by atoms with Crippen molar-refractivity contribution < 1.29 is 9.53 Å². The van der Waals surface area contributed by atoms with Crippen LogP contribution in [0.15, 0.2) is 4.99 Å². The van der Waals surface area contributed by atoms with Crippen LogP contribution in [0.25, 0.3) is 0 Å². The largest absolute Gasteiger partial charge is 0.373 e. The van der Waals surface area contributed by atoms with Gasteiger partial charge in [-0.1, -0.05) is 0 Å². The number of hydrogen-bond acceptors (Lipinski definition) is 4. The first-order valence-corrected chi connectivity index (χ1v) is 10.0. The highest BCUT2D eigenvalue weighted by Gasteiger charge is 2.33. The number of halogens is 1. The lowest BCUT2D eigenvalue weighted by atomic mass is 10.00. The fourth-order valence-electron chi connectivity index (χ4n) is 3.64. The molecule has 2 unspecified atom stereocenters. The van der Waals surface area contributed by atoms with Crippen molar-refractivity contribution >= 4 is 35.8 Å². The summed E-state index contributed by atoms with van der Waals surface area (Å²) < 4.78 is 5.85. The van der Waals surface area contributed by atoms with Crippen molar-refractivity contribution in [3.8, 4) is 0 Å². The number of rotatable bonds is 6. The number of hydrogen-bond donors (Lipinski definition) is 2. The van der Waals surface area contributed by atoms with E-state index < -0.39 is 0 Å². The van der Waals surface area contributed by atoms with Crippen LogP contribution in [0.4, 0.5) is 0 Å². The van der Waals surface area contributed by atoms with E-state index in [1.165, 1.54) is 0 Å². The average molecular weight is 495 g/mol. The summed E-state index contributed by atoms with van der Waals surface area (Å²) in [5.74, 6) is 0.831. The summed E-state index contributed by atoms with van der Waals surface area (Å²) in [5, 5.41) is 6.67. The highest BCUT2D eigenvalue weighted by molar-refractivity contribution is 14.0. The van der Waals surface area contributed by atoms with Gasteiger partial charge in [0.25, 0.3) is 0 Å². The zero-order chi connectivity index (χ0) is 19.2. The van der Waals surface area contributed by atoms with Crippen molar-refractivity contribution in [3.63, 3.8) is 0 Å². The predicted molar refractivity (Wildman–Crippen MR) is 121 cm³/mol. The Labute approximate surface area is 181 Å². The quantitative estimate of drug-likeness (QED) is 0.334. The summed E-state index contributed by atoms with van der Waals surface area (Å²) in [7, 11) is 0. The van der Waals surface area contributed by atoms with Crippen molar-refractivity contribution in [1.29, 1.82) is 0 Å². The Morgan fingerprint density at radius 1 is 1.15 bits per heavy atom. The smallest absolute Gasteiger partial charge is 0.244 e. The summed E-state index contributed by atoms with van der Waals surface area (Å²) in [6.45, 7) is 16.1. The second kappa shape index (κ2) is 11.4. The van der Waals surface area contributed by atoms with Crippen molar-refractivity contribution in [2.75, 3.05) is 45.8 Å². The van der Waals surface area contributed by atoms with Gasteiger partial charge in [0.1, 0.15) is 6.54 Å². The van der Waals surface area contributed by atoms with Crippen LogP contribution in [0.5, 0.6) is 0 Å². The Bertz CT molecular complexity index is 484. The molecule has 2 atom stereocenters. The molecule has 2 rings (SSSR count). The first-order chi connectivity index (χ1) is 12.3. The number of guanidine groups is 1. The molecule has 2 aliphatic rings. The molecule has 0 aromatic rings. The minimum absolute atomic E-state index is 0. The van der Waals surface area contributed by atoms with Gasteiger partial charge in [0.2, 0.25) is 5.91 Å². The molecule has 0 aromatic heterocycles. The maximum atomic E-state index is 12.2. The van der Waals surface area contributed by atoms with E-state index in [2.05, 4.69) is 48.2 Å². The predicted octanol–water partition coefficient (Wildman–Crippen LogP) is 1.67. The molecule has 1 amide bonds. The molecule has 2 aliphatic heterocycles. The van der Waals surface area contributed by atoms with Gasteiger partial charge in [-0.3, -0.25) is 9.69 Å². The highest BCUT2D eigenvalue weighted by Crippen LogP contribution is 2.20. The highest BCUT2D eigenvalue weighted by atomic mass is 127. The number of ether oxygens (including phenoxy) is 1. The van der Waals surface area contributed by atoms with Gasteiger partial charge in [-0.25, -0.2) is 4.99 Å². The molecule has 2 N–H and O–H groups in total. The van der Waals surface area contributed by atoms with Crippen molar-refractivity contribution in [3.05, 3.63) is 0 Å². The fourth-order valence-corrected chi connectivity index (χ4v) is 3.64. The lowest BCUT2D eigenvalue weighted by molar-refractivity contribution is -0.128. The number of aliphatic imine (C=N–C) groups is 1. The molecule has 158 valence electrons. The Kier molecular flexibility index (Phi) is 10.3. The van der Waals surface area contributed by atoms with E-state index in [1.54, 1.807) is 0 Å². The zero-order valence-corrected chi connectivity index (χ0v) is 19.9. The molecule has 0 spiro atoms. The molecule has 2 fully saturated rings. The van der Waals surface area contributed by atoms with Crippen LogP contribution in [-0.4, -0.2) is 85.2 Å². The first-order valence-electron chi connectivity index (χ1n) is 10.0. The number of likely N-dealkylation sites (tertiary alicyclic amines) is 1. The molecule has 0 bridgehead atoms. The zero-order valence-electron chi connectivity index (χ0n) is 17.6. The minimum atomic E-state index is -0.0263. The van der Waals surface area contributed by atoms with Crippen LogP contribution in [0.2, 0.25) is 0 Å². The van der Waals surface area contributed by atoms with Crippen molar-refractivity contribution in [2.45, 2.75) is 65.2 Å². The van der Waals surface area contributed by atoms with Gasteiger partial charge in [0, 0.05) is 44.8 Å². The maximum Gasteiger partial charge on any atom is 0.244 e. The van der Waals surface area contributed by atoms with Crippen LogP contribution < -0.4 is 10.6 Å². The summed E-state index contributed by atoms with van der Waals surface area (Å²) in [5.41, 5.74) is -0.0263. The molecule has 27 heavy (non-hydrogen) atoms. The van der Waals surface area contributed by atoms with Gasteiger partial charge in [0.15, 0.2) is 5.96 Å². The number of amides is 1. The van der Waals surface area contributed by atoms with Crippen LogP contribution >= 0.6 is 24.0 Å². The molecule has 0 aromatic carbocycles. The normalized spacial score (nSPS) is 24.5. The summed E-state index contributed by atoms with van der Waals surface area (Å²) in [6, 6.07) is 0. The lowest BCUT2D eigenvalue weighted by Crippen LogP contribution is -2.59. The maximum absolute atomic E-state index is 12.2. The van der Waals surface area contributed by atoms with E-state index >= 15 is 0 Å². The Hall–Kier alpha value is -0.610. The SMILES string of the molecule is CCNC(=NCC(=O)N1CCCC1)NCC(C)(C)N1CC(C)OC(C)C1.I. The molecule has 7 nitrogen and oxygen atoms in total. The number of nitrogens with zero attached hydrogens (tertiary/aromatic N) is 3. The number of carbonyl (C=O) groups is 1. The van der Waals surface area contributed by atoms with Crippen LogP contribution in [0.1, 0.15) is 47.5 Å². The second-order valence-corrected chi connectivity index (χ2v) is 8.11. The first kappa shape index (κ1) is 24.4. The molecule has 2 heterocycles. The van der Waals surface area contributed by atoms with E-state index in [0.29, 0.717) is 5.96 Å². The number of morpholine rings is 1. The third kappa shape index (κ3) is 7.73. The van der Waals surface area contributed by atoms with Gasteiger partial charge < -0.3 is 20.3 Å². The van der Waals surface area contributed by atoms with Gasteiger partial charge >= 0.3 is 0 Å². The van der Waals surface area contributed by atoms with Gasteiger partial charge in [-0.2, -0.15) is 0 Å². The van der Waals surface area contributed by atoms with E-state index in [1.807, 2.05) is 11.8 Å². The third-order valence-electron chi connectivity index (χ3n) is 5.14. The van der Waals surface area contributed by atoms with Crippen molar-refractivity contribution in [1.82, 2.24) is 20.4 Å². The Morgan fingerprint density at radius 3 is 2.30 bits per heavy atom. The third-order valence-corrected chi connectivity index (χ3v) is 5.14. The summed E-state index contributed by atoms with van der Waals surface area (Å²) in [6.07, 6.45) is 2.72. The van der Waals surface area contributed by atoms with E-state index in [4.69, 9.17) is 4.74 Å². The van der Waals surface area contributed by atoms with E-state index in [0.717, 1.165) is 52.1 Å². The standard InChI is InChI=1S/C19H37N5O2.HI/c1-6-20-18(21-11-17(25)23-9-7-8-10-23)22-14-19(4,5)24-12-15(2)26-16(3)13-24;/h15-16H,6-14H2,1-5H3,(H2,20,21,22);1H. The lowest BCUT2D eigenvalue weighted by Gasteiger charge is -2.45. The summed E-state index contributed by atoms with van der Waals surface area (Å²) in [4.78, 5) is 21.1. The van der Waals surface area contributed by atoms with Gasteiger partial charge in [-0.15, -0.1) is 24.0 Å². The molecule has 0 saturated carbocycles. The second-order valence-electron chi connectivity index (χ2n) is 8.11. The molecule has 0 aliphatic carbocycles. The summed E-state index contributed by atoms with van der Waals surface area (Å²) >= 11 is 0. The average Bonchev–Trinajstić information content (AvgIpc) is 3.11. The number of nitrogens with one attached hydrogen (secondary N) is 2. The van der Waals surface area contributed by atoms with Crippen molar-refractivity contribution in [2.24, 2.45) is 4.99 Å². The van der Waals surface area contributed by atoms with Crippen LogP contribution in [0.3, 0.4) is 0 Å². The molecular weight excluding hydrogens is 457 g/mol. The van der Waals surface area contributed by atoms with E-state index in [-0.39, 0.29) is 54.2 Å². The topological polar surface area (TPSA) is 69.2 Å². The Balaban J connectivity index is 0.00000364. The van der Waals surface area contributed by atoms with Gasteiger partial charge in [-0.05, 0) is 47.5 Å². The molecular formula is C19H38IN5O2. The minimum Gasteiger partial charge on any atom is -0.373 e. The van der Waals surface area contributed by atoms with Crippen LogP contribution in [0, 0.1) is 0 Å². The van der Waals surface area contributed by atoms with E-state index in [9.17, 15) is 4.79 Å². The van der Waals surface area contributed by atoms with Gasteiger partial charge in [0.05, 0.1) is 12.2 Å². The Morgan fingerprint density at radius 2 is 1.74 bits per heavy atom. The van der Waals surface area contributed by atoms with Crippen LogP contribution in [-0.2, 0) is 9.53 Å². The number of carbonyl (C=O) groups excluding carboxylic acids is 1. The molecule has 0 radical (unpaired) electrons. The fraction of sp³-hybridized carbons (Fsp3) is 0.895. The molecule has 8 heteroatoms. The monoisotopic (exact) mass is 495 g/mol.